The molecule has 210 valence electrons. The number of hydrogen-bond acceptors (Lipinski definition) is 9. The van der Waals surface area contributed by atoms with Crippen molar-refractivity contribution in [2.45, 2.75) is 109 Å². The number of hydrogen-bond donors (Lipinski definition) is 6. The minimum Gasteiger partial charge on any atom is -0.356 e. The molecule has 4 aliphatic rings. The van der Waals surface area contributed by atoms with Crippen LogP contribution in [0.3, 0.4) is 0 Å². The second-order valence-corrected chi connectivity index (χ2v) is 12.1. The van der Waals surface area contributed by atoms with Crippen molar-refractivity contribution in [3.05, 3.63) is 10.1 Å². The van der Waals surface area contributed by atoms with E-state index in [4.69, 9.17) is 4.84 Å². The molecule has 12 heteroatoms. The van der Waals surface area contributed by atoms with Gasteiger partial charge in [-0.1, -0.05) is 26.7 Å². The molecule has 7 atom stereocenters. The number of rotatable bonds is 11. The third-order valence-corrected chi connectivity index (χ3v) is 8.53. The third kappa shape index (κ3) is 7.82. The lowest BCUT2D eigenvalue weighted by atomic mass is 9.76. The summed E-state index contributed by atoms with van der Waals surface area (Å²) in [6.45, 7) is 5.52. The van der Waals surface area contributed by atoms with Gasteiger partial charge in [-0.15, -0.1) is 0 Å². The number of carbonyl (C=O) groups excluding carboxylic acids is 2. The van der Waals surface area contributed by atoms with Crippen LogP contribution in [0.5, 0.6) is 0 Å². The normalized spacial score (nSPS) is 34.4. The predicted octanol–water partition coefficient (Wildman–Crippen LogP) is 1.27. The van der Waals surface area contributed by atoms with Gasteiger partial charge in [0.1, 0.15) is 6.23 Å². The highest BCUT2D eigenvalue weighted by atomic mass is 16.7. The molecule has 2 aliphatic heterocycles. The van der Waals surface area contributed by atoms with Crippen LogP contribution >= 0.6 is 0 Å². The molecule has 2 amide bonds. The number of amides is 2. The largest absolute Gasteiger partial charge is 0.356 e. The first-order valence-corrected chi connectivity index (χ1v) is 14.1. The zero-order valence-electron chi connectivity index (χ0n) is 22.2. The maximum absolute atomic E-state index is 12.5. The average molecular weight is 524 g/mol. The zero-order chi connectivity index (χ0) is 26.4. The van der Waals surface area contributed by atoms with E-state index in [0.29, 0.717) is 44.6 Å². The second kappa shape index (κ2) is 12.8. The van der Waals surface area contributed by atoms with E-state index in [0.717, 1.165) is 45.1 Å². The maximum Gasteiger partial charge on any atom is 0.237 e. The maximum atomic E-state index is 12.5. The van der Waals surface area contributed by atoms with Crippen LogP contribution in [0, 0.1) is 33.3 Å². The van der Waals surface area contributed by atoms with Gasteiger partial charge in [0.15, 0.2) is 0 Å². The number of carbonyl (C=O) groups is 2. The van der Waals surface area contributed by atoms with Crippen molar-refractivity contribution in [3.8, 4) is 0 Å². The van der Waals surface area contributed by atoms with Crippen molar-refractivity contribution in [3.63, 3.8) is 0 Å². The van der Waals surface area contributed by atoms with Gasteiger partial charge < -0.3 is 5.32 Å². The summed E-state index contributed by atoms with van der Waals surface area (Å²) in [6, 6.07) is -0.464. The van der Waals surface area contributed by atoms with Gasteiger partial charge in [-0.2, -0.15) is 5.48 Å². The first-order chi connectivity index (χ1) is 17.7. The van der Waals surface area contributed by atoms with Crippen LogP contribution in [0.15, 0.2) is 0 Å². The molecule has 2 saturated carbocycles. The molecule has 4 fully saturated rings. The third-order valence-electron chi connectivity index (χ3n) is 8.53. The summed E-state index contributed by atoms with van der Waals surface area (Å²) in [7, 11) is 0. The minimum absolute atomic E-state index is 0.0204. The molecule has 7 unspecified atom stereocenters. The van der Waals surface area contributed by atoms with E-state index in [1.165, 1.54) is 0 Å². The fourth-order valence-electron chi connectivity index (χ4n) is 6.25. The van der Waals surface area contributed by atoms with Gasteiger partial charge in [0.2, 0.25) is 17.9 Å². The Morgan fingerprint density at radius 3 is 2.78 bits per heavy atom. The average Bonchev–Trinajstić information content (AvgIpc) is 3.36. The summed E-state index contributed by atoms with van der Waals surface area (Å²) in [5, 5.41) is 21.2. The highest BCUT2D eigenvalue weighted by molar-refractivity contribution is 5.79. The molecule has 37 heavy (non-hydrogen) atoms. The van der Waals surface area contributed by atoms with Crippen molar-refractivity contribution in [2.75, 3.05) is 13.1 Å². The van der Waals surface area contributed by atoms with Crippen molar-refractivity contribution in [1.82, 2.24) is 32.3 Å². The van der Waals surface area contributed by atoms with Crippen LogP contribution in [-0.4, -0.2) is 54.4 Å². The SMILES string of the molecule is CC(C)(CNC(=O)CCCC1NC(C2CCCC([N+](=O)[O-])C2)NO1)CNC1NNC(=O)C2CCCCC12. The number of hydrazine groups is 1. The van der Waals surface area contributed by atoms with Crippen molar-refractivity contribution in [2.24, 2.45) is 23.2 Å². The van der Waals surface area contributed by atoms with Crippen LogP contribution in [-0.2, 0) is 14.4 Å². The van der Waals surface area contributed by atoms with Crippen LogP contribution in [0.25, 0.3) is 0 Å². The molecule has 12 nitrogen and oxygen atoms in total. The van der Waals surface area contributed by atoms with E-state index < -0.39 is 6.04 Å². The molecule has 0 aromatic rings. The molecule has 0 radical (unpaired) electrons. The topological polar surface area (TPSA) is 159 Å². The van der Waals surface area contributed by atoms with Crippen LogP contribution in [0.4, 0.5) is 0 Å². The summed E-state index contributed by atoms with van der Waals surface area (Å²) in [5.41, 5.74) is 8.83. The van der Waals surface area contributed by atoms with Gasteiger partial charge in [0, 0.05) is 49.1 Å². The standard InChI is InChI=1S/C25H45N7O5/c1-25(2,15-27-23-18-9-3-4-10-19(18)24(34)30-29-23)14-26-20(33)11-6-12-21-28-22(31-37-21)16-7-5-8-17(13-16)32(35)36/h16-19,21-23,27-29,31H,3-15H2,1-2H3,(H,26,33)(H,30,34). The summed E-state index contributed by atoms with van der Waals surface area (Å²) in [6.07, 6.45) is 8.88. The lowest BCUT2D eigenvalue weighted by Crippen LogP contribution is -2.65. The quantitative estimate of drug-likeness (QED) is 0.173. The molecule has 6 N–H and O–H groups in total. The Morgan fingerprint density at radius 1 is 1.16 bits per heavy atom. The number of fused-ring (bicyclic) bond motifs is 1. The van der Waals surface area contributed by atoms with E-state index in [-0.39, 0.29) is 52.5 Å². The molecule has 0 aromatic heterocycles. The van der Waals surface area contributed by atoms with E-state index in [2.05, 4.69) is 46.1 Å². The first kappa shape index (κ1) is 28.2. The summed E-state index contributed by atoms with van der Waals surface area (Å²) < 4.78 is 0. The van der Waals surface area contributed by atoms with Gasteiger partial charge >= 0.3 is 0 Å². The van der Waals surface area contributed by atoms with Crippen molar-refractivity contribution < 1.29 is 19.3 Å². The highest BCUT2D eigenvalue weighted by Gasteiger charge is 2.40. The number of nitro groups is 1. The molecule has 0 bridgehead atoms. The van der Waals surface area contributed by atoms with Crippen LogP contribution < -0.4 is 32.3 Å². The number of nitrogens with zero attached hydrogens (tertiary/aromatic N) is 1. The summed E-state index contributed by atoms with van der Waals surface area (Å²) in [4.78, 5) is 41.3. The van der Waals surface area contributed by atoms with E-state index in [9.17, 15) is 19.7 Å². The predicted molar refractivity (Wildman–Crippen MR) is 137 cm³/mol. The monoisotopic (exact) mass is 523 g/mol. The fraction of sp³-hybridized carbons (Fsp3) is 0.920. The Kier molecular flexibility index (Phi) is 9.73. The molecule has 2 heterocycles. The first-order valence-electron chi connectivity index (χ1n) is 14.1. The Labute approximate surface area is 219 Å². The molecule has 2 aliphatic carbocycles. The molecule has 2 saturated heterocycles. The molecule has 0 spiro atoms. The van der Waals surface area contributed by atoms with Crippen LogP contribution in [0.1, 0.15) is 84.5 Å². The van der Waals surface area contributed by atoms with Gasteiger partial charge in [0.05, 0.1) is 12.3 Å². The zero-order valence-corrected chi connectivity index (χ0v) is 22.2. The Morgan fingerprint density at radius 2 is 1.97 bits per heavy atom. The van der Waals surface area contributed by atoms with Crippen LogP contribution in [0.2, 0.25) is 0 Å². The Balaban J connectivity index is 1.10. The smallest absolute Gasteiger partial charge is 0.237 e. The number of nitrogens with one attached hydrogen (secondary N) is 6. The lowest BCUT2D eigenvalue weighted by Gasteiger charge is -2.42. The molecule has 4 rings (SSSR count). The highest BCUT2D eigenvalue weighted by Crippen LogP contribution is 2.34. The Hall–Kier alpha value is -1.86. The van der Waals surface area contributed by atoms with Gasteiger partial charge in [-0.05, 0) is 49.9 Å². The lowest BCUT2D eigenvalue weighted by molar-refractivity contribution is -0.528. The molecular formula is C25H45N7O5. The van der Waals surface area contributed by atoms with E-state index in [1.54, 1.807) is 0 Å². The van der Waals surface area contributed by atoms with Crippen molar-refractivity contribution >= 4 is 11.8 Å². The second-order valence-electron chi connectivity index (χ2n) is 12.1. The van der Waals surface area contributed by atoms with E-state index >= 15 is 0 Å². The minimum atomic E-state index is -0.464. The summed E-state index contributed by atoms with van der Waals surface area (Å²) >= 11 is 0. The fourth-order valence-corrected chi connectivity index (χ4v) is 6.25. The molecule has 0 aromatic carbocycles. The van der Waals surface area contributed by atoms with Gasteiger partial charge in [-0.25, -0.2) is 5.43 Å². The van der Waals surface area contributed by atoms with Gasteiger partial charge in [-0.3, -0.25) is 40.6 Å². The molecular weight excluding hydrogens is 478 g/mol. The summed E-state index contributed by atoms with van der Waals surface area (Å²) in [5.74, 6) is 0.696. The Bertz CT molecular complexity index is 812. The van der Waals surface area contributed by atoms with Crippen molar-refractivity contribution in [1.29, 1.82) is 0 Å². The number of hydroxylamine groups is 1. The van der Waals surface area contributed by atoms with E-state index in [1.807, 2.05) is 0 Å². The van der Waals surface area contributed by atoms with Gasteiger partial charge in [0.25, 0.3) is 0 Å².